The number of hydrogen-bond acceptors (Lipinski definition) is 6. The van der Waals surface area contributed by atoms with Crippen molar-refractivity contribution in [1.29, 1.82) is 0 Å². The van der Waals surface area contributed by atoms with Crippen LogP contribution in [0.3, 0.4) is 0 Å². The van der Waals surface area contributed by atoms with Crippen molar-refractivity contribution >= 4 is 23.4 Å². The van der Waals surface area contributed by atoms with Crippen LogP contribution in [0.4, 0.5) is 10.1 Å². The van der Waals surface area contributed by atoms with Crippen LogP contribution in [-0.4, -0.2) is 57.5 Å². The van der Waals surface area contributed by atoms with Gasteiger partial charge in [-0.3, -0.25) is 9.36 Å². The molecule has 1 aliphatic rings. The second-order valence-corrected chi connectivity index (χ2v) is 9.34. The first-order valence-electron chi connectivity index (χ1n) is 11.5. The number of nitrogens with zero attached hydrogens (tertiary/aromatic N) is 5. The number of piperazine rings is 1. The van der Waals surface area contributed by atoms with Gasteiger partial charge in [0, 0.05) is 31.9 Å². The molecule has 9 heteroatoms. The molecule has 2 aromatic carbocycles. The first-order chi connectivity index (χ1) is 17.1. The van der Waals surface area contributed by atoms with Crippen LogP contribution in [0, 0.1) is 12.7 Å². The van der Waals surface area contributed by atoms with Crippen LogP contribution in [0.5, 0.6) is 0 Å². The van der Waals surface area contributed by atoms with Crippen molar-refractivity contribution in [3.63, 3.8) is 0 Å². The fraction of sp³-hybridized carbons (Fsp3) is 0.269. The summed E-state index contributed by atoms with van der Waals surface area (Å²) in [5.74, 6) is 1.62. The molecular weight excluding hydrogens is 465 g/mol. The normalized spacial score (nSPS) is 13.9. The van der Waals surface area contributed by atoms with E-state index in [1.807, 2.05) is 40.7 Å². The number of carbonyl (C=O) groups excluding carboxylic acids is 1. The van der Waals surface area contributed by atoms with Gasteiger partial charge < -0.3 is 14.2 Å². The SMILES string of the molecule is Cc1occc1-c1nnc(SCC(=O)N2CCN(c3ccc(F)cc3)CC2)n1Cc1ccccc1. The minimum atomic E-state index is -0.245. The maximum Gasteiger partial charge on any atom is 0.233 e. The van der Waals surface area contributed by atoms with E-state index in [0.717, 1.165) is 41.5 Å². The van der Waals surface area contributed by atoms with E-state index >= 15 is 0 Å². The third-order valence-electron chi connectivity index (χ3n) is 6.15. The molecule has 0 saturated carbocycles. The zero-order chi connectivity index (χ0) is 24.2. The number of furan rings is 1. The standard InChI is InChI=1S/C26H26FN5O2S/c1-19-23(11-16-34-19)25-28-29-26(32(25)17-20-5-3-2-4-6-20)35-18-24(33)31-14-12-30(13-15-31)22-9-7-21(27)8-10-22/h2-11,16H,12-15,17-18H2,1H3. The van der Waals surface area contributed by atoms with Gasteiger partial charge in [0.2, 0.25) is 5.91 Å². The van der Waals surface area contributed by atoms with Crippen LogP contribution in [0.25, 0.3) is 11.4 Å². The second-order valence-electron chi connectivity index (χ2n) is 8.40. The van der Waals surface area contributed by atoms with E-state index < -0.39 is 0 Å². The Morgan fingerprint density at radius 1 is 1.00 bits per heavy atom. The molecule has 7 nitrogen and oxygen atoms in total. The van der Waals surface area contributed by atoms with E-state index in [1.165, 1.54) is 23.9 Å². The van der Waals surface area contributed by atoms with Gasteiger partial charge in [-0.1, -0.05) is 42.1 Å². The molecule has 35 heavy (non-hydrogen) atoms. The van der Waals surface area contributed by atoms with E-state index in [1.54, 1.807) is 18.4 Å². The fourth-order valence-corrected chi connectivity index (χ4v) is 5.04. The number of aryl methyl sites for hydroxylation is 1. The summed E-state index contributed by atoms with van der Waals surface area (Å²) in [4.78, 5) is 17.0. The highest BCUT2D eigenvalue weighted by molar-refractivity contribution is 7.99. The average molecular weight is 492 g/mol. The third-order valence-corrected chi connectivity index (χ3v) is 7.10. The van der Waals surface area contributed by atoms with Crippen LogP contribution in [0.1, 0.15) is 11.3 Å². The molecule has 1 fully saturated rings. The predicted molar refractivity (Wildman–Crippen MR) is 134 cm³/mol. The van der Waals surface area contributed by atoms with Gasteiger partial charge in [-0.25, -0.2) is 4.39 Å². The highest BCUT2D eigenvalue weighted by atomic mass is 32.2. The Balaban J connectivity index is 1.25. The van der Waals surface area contributed by atoms with Gasteiger partial charge in [0.05, 0.1) is 24.1 Å². The summed E-state index contributed by atoms with van der Waals surface area (Å²) in [5, 5.41) is 9.54. The summed E-state index contributed by atoms with van der Waals surface area (Å²) >= 11 is 1.40. The molecule has 0 spiro atoms. The van der Waals surface area contributed by atoms with Crippen LogP contribution in [0.15, 0.2) is 76.5 Å². The highest BCUT2D eigenvalue weighted by Gasteiger charge is 2.23. The topological polar surface area (TPSA) is 67.4 Å². The monoisotopic (exact) mass is 491 g/mol. The van der Waals surface area contributed by atoms with E-state index in [0.29, 0.717) is 24.8 Å². The molecule has 0 atom stereocenters. The molecule has 1 aliphatic heterocycles. The summed E-state index contributed by atoms with van der Waals surface area (Å²) in [6, 6.07) is 18.5. The fourth-order valence-electron chi connectivity index (χ4n) is 4.20. The number of thioether (sulfide) groups is 1. The smallest absolute Gasteiger partial charge is 0.233 e. The van der Waals surface area contributed by atoms with Gasteiger partial charge in [0.15, 0.2) is 11.0 Å². The van der Waals surface area contributed by atoms with Crippen molar-refractivity contribution in [2.75, 3.05) is 36.8 Å². The van der Waals surface area contributed by atoms with Crippen molar-refractivity contribution in [1.82, 2.24) is 19.7 Å². The van der Waals surface area contributed by atoms with Crippen molar-refractivity contribution in [3.8, 4) is 11.4 Å². The Labute approximate surface area is 207 Å². The summed E-state index contributed by atoms with van der Waals surface area (Å²) < 4.78 is 20.7. The summed E-state index contributed by atoms with van der Waals surface area (Å²) in [6.07, 6.45) is 1.65. The Hall–Kier alpha value is -3.59. The zero-order valence-electron chi connectivity index (χ0n) is 19.4. The van der Waals surface area contributed by atoms with E-state index in [2.05, 4.69) is 27.2 Å². The molecule has 0 bridgehead atoms. The summed E-state index contributed by atoms with van der Waals surface area (Å²) in [6.45, 7) is 5.20. The van der Waals surface area contributed by atoms with Gasteiger partial charge in [-0.2, -0.15) is 0 Å². The van der Waals surface area contributed by atoms with Gasteiger partial charge >= 0.3 is 0 Å². The molecular formula is C26H26FN5O2S. The number of amides is 1. The molecule has 0 radical (unpaired) electrons. The lowest BCUT2D eigenvalue weighted by Gasteiger charge is -2.36. The number of carbonyl (C=O) groups is 1. The Morgan fingerprint density at radius 2 is 1.74 bits per heavy atom. The van der Waals surface area contributed by atoms with Crippen LogP contribution in [0.2, 0.25) is 0 Å². The maximum absolute atomic E-state index is 13.2. The molecule has 2 aromatic heterocycles. The minimum Gasteiger partial charge on any atom is -0.469 e. The minimum absolute atomic E-state index is 0.0732. The van der Waals surface area contributed by atoms with E-state index in [9.17, 15) is 9.18 Å². The predicted octanol–water partition coefficient (Wildman–Crippen LogP) is 4.47. The van der Waals surface area contributed by atoms with Gasteiger partial charge in [-0.05, 0) is 42.8 Å². The van der Waals surface area contributed by atoms with Crippen molar-refractivity contribution in [2.45, 2.75) is 18.6 Å². The van der Waals surface area contributed by atoms with Crippen LogP contribution < -0.4 is 4.90 Å². The van der Waals surface area contributed by atoms with Crippen LogP contribution >= 0.6 is 11.8 Å². The number of halogens is 1. The number of hydrogen-bond donors (Lipinski definition) is 0. The molecule has 0 unspecified atom stereocenters. The third kappa shape index (κ3) is 5.24. The quantitative estimate of drug-likeness (QED) is 0.355. The van der Waals surface area contributed by atoms with Gasteiger partial charge in [-0.15, -0.1) is 10.2 Å². The summed E-state index contributed by atoms with van der Waals surface area (Å²) in [7, 11) is 0. The lowest BCUT2D eigenvalue weighted by atomic mass is 10.2. The first-order valence-corrected chi connectivity index (χ1v) is 12.5. The van der Waals surface area contributed by atoms with Crippen LogP contribution in [-0.2, 0) is 11.3 Å². The first kappa shape index (κ1) is 23.2. The molecule has 3 heterocycles. The zero-order valence-corrected chi connectivity index (χ0v) is 20.2. The lowest BCUT2D eigenvalue weighted by molar-refractivity contribution is -0.128. The molecule has 180 valence electrons. The average Bonchev–Trinajstić information content (AvgIpc) is 3.49. The number of anilines is 1. The molecule has 1 amide bonds. The molecule has 0 aliphatic carbocycles. The van der Waals surface area contributed by atoms with Gasteiger partial charge in [0.1, 0.15) is 11.6 Å². The molecule has 4 aromatic rings. The lowest BCUT2D eigenvalue weighted by Crippen LogP contribution is -2.49. The second kappa shape index (κ2) is 10.4. The molecule has 5 rings (SSSR count). The largest absolute Gasteiger partial charge is 0.469 e. The van der Waals surface area contributed by atoms with Gasteiger partial charge in [0.25, 0.3) is 0 Å². The number of aromatic nitrogens is 3. The Morgan fingerprint density at radius 3 is 2.43 bits per heavy atom. The highest BCUT2D eigenvalue weighted by Crippen LogP contribution is 2.28. The van der Waals surface area contributed by atoms with Crippen molar-refractivity contribution < 1.29 is 13.6 Å². The maximum atomic E-state index is 13.2. The Bertz CT molecular complexity index is 1280. The number of rotatable bonds is 7. The van der Waals surface area contributed by atoms with E-state index in [4.69, 9.17) is 4.42 Å². The van der Waals surface area contributed by atoms with Crippen molar-refractivity contribution in [2.24, 2.45) is 0 Å². The van der Waals surface area contributed by atoms with E-state index in [-0.39, 0.29) is 17.5 Å². The Kier molecular flexibility index (Phi) is 6.85. The number of benzene rings is 2. The molecule has 0 N–H and O–H groups in total. The summed E-state index contributed by atoms with van der Waals surface area (Å²) in [5.41, 5.74) is 2.99. The molecule has 1 saturated heterocycles. The van der Waals surface area contributed by atoms with Crippen molar-refractivity contribution in [3.05, 3.63) is 84.1 Å².